The number of nitro groups is 1. The van der Waals surface area contributed by atoms with Crippen LogP contribution in [0.25, 0.3) is 20.7 Å². The van der Waals surface area contributed by atoms with Crippen molar-refractivity contribution in [1.82, 2.24) is 9.97 Å². The van der Waals surface area contributed by atoms with E-state index in [-0.39, 0.29) is 11.2 Å². The van der Waals surface area contributed by atoms with E-state index >= 15 is 0 Å². The fourth-order valence-electron chi connectivity index (χ4n) is 2.04. The second-order valence-electron chi connectivity index (χ2n) is 4.31. The van der Waals surface area contributed by atoms with Gasteiger partial charge < -0.3 is 4.98 Å². The van der Waals surface area contributed by atoms with Gasteiger partial charge in [-0.15, -0.1) is 11.3 Å². The van der Waals surface area contributed by atoms with Crippen molar-refractivity contribution in [3.05, 3.63) is 56.6 Å². The van der Waals surface area contributed by atoms with Crippen LogP contribution < -0.4 is 5.56 Å². The molecule has 1 N–H and O–H groups in total. The highest BCUT2D eigenvalue weighted by molar-refractivity contribution is 7.22. The smallest absolute Gasteiger partial charge is 0.269 e. The summed E-state index contributed by atoms with van der Waals surface area (Å²) in [7, 11) is 0. The minimum Gasteiger partial charge on any atom is -0.312 e. The maximum atomic E-state index is 11.7. The molecule has 0 aliphatic heterocycles. The quantitative estimate of drug-likeness (QED) is 0.579. The van der Waals surface area contributed by atoms with E-state index in [1.54, 1.807) is 6.07 Å². The van der Waals surface area contributed by atoms with Gasteiger partial charge in [-0.3, -0.25) is 14.9 Å². The van der Waals surface area contributed by atoms with Crippen LogP contribution in [0.1, 0.15) is 5.56 Å². The van der Waals surface area contributed by atoms with E-state index in [0.29, 0.717) is 10.2 Å². The molecular formula is C13H9N3O3S. The van der Waals surface area contributed by atoms with Crippen LogP contribution in [-0.4, -0.2) is 14.9 Å². The average molecular weight is 287 g/mol. The molecule has 2 heterocycles. The zero-order valence-corrected chi connectivity index (χ0v) is 11.2. The summed E-state index contributed by atoms with van der Waals surface area (Å²) in [6.07, 6.45) is 1.36. The maximum absolute atomic E-state index is 11.7. The Morgan fingerprint density at radius 1 is 1.35 bits per heavy atom. The lowest BCUT2D eigenvalue weighted by Gasteiger charge is -2.02. The van der Waals surface area contributed by atoms with Crippen LogP contribution in [0.2, 0.25) is 0 Å². The van der Waals surface area contributed by atoms with E-state index < -0.39 is 4.92 Å². The van der Waals surface area contributed by atoms with Crippen LogP contribution in [0.15, 0.2) is 35.4 Å². The Hall–Kier alpha value is -2.54. The number of aryl methyl sites for hydroxylation is 1. The Labute approximate surface area is 116 Å². The first kappa shape index (κ1) is 12.5. The lowest BCUT2D eigenvalue weighted by molar-refractivity contribution is -0.384. The summed E-state index contributed by atoms with van der Waals surface area (Å²) in [5.41, 5.74) is 2.18. The van der Waals surface area contributed by atoms with E-state index in [9.17, 15) is 14.9 Å². The molecule has 6 nitrogen and oxygen atoms in total. The van der Waals surface area contributed by atoms with Gasteiger partial charge in [-0.2, -0.15) is 0 Å². The highest BCUT2D eigenvalue weighted by atomic mass is 32.1. The summed E-state index contributed by atoms with van der Waals surface area (Å²) in [4.78, 5) is 29.5. The van der Waals surface area contributed by atoms with Gasteiger partial charge in [-0.05, 0) is 30.2 Å². The van der Waals surface area contributed by atoms with Gasteiger partial charge in [0.1, 0.15) is 4.70 Å². The zero-order valence-electron chi connectivity index (χ0n) is 10.4. The molecule has 2 aromatic heterocycles. The van der Waals surface area contributed by atoms with Gasteiger partial charge in [0.15, 0.2) is 0 Å². The molecule has 3 aromatic rings. The van der Waals surface area contributed by atoms with Gasteiger partial charge in [0.05, 0.1) is 16.8 Å². The Balaban J connectivity index is 2.18. The summed E-state index contributed by atoms with van der Waals surface area (Å²) >= 11 is 1.33. The predicted octanol–water partition coefficient (Wildman–Crippen LogP) is 2.87. The molecule has 0 aliphatic carbocycles. The van der Waals surface area contributed by atoms with Gasteiger partial charge in [-0.1, -0.05) is 0 Å². The fraction of sp³-hybridized carbons (Fsp3) is 0.0769. The molecule has 0 unspecified atom stereocenters. The number of aromatic nitrogens is 2. The molecule has 20 heavy (non-hydrogen) atoms. The summed E-state index contributed by atoms with van der Waals surface area (Å²) in [5.74, 6) is 0. The molecule has 0 saturated carbocycles. The van der Waals surface area contributed by atoms with E-state index in [2.05, 4.69) is 9.97 Å². The highest BCUT2D eigenvalue weighted by Gasteiger charge is 2.13. The van der Waals surface area contributed by atoms with Crippen LogP contribution in [0, 0.1) is 17.0 Å². The third-order valence-corrected chi connectivity index (χ3v) is 4.16. The number of nitrogens with one attached hydrogen (secondary N) is 1. The summed E-state index contributed by atoms with van der Waals surface area (Å²) in [6.45, 7) is 1.81. The van der Waals surface area contributed by atoms with Crippen molar-refractivity contribution in [1.29, 1.82) is 0 Å². The minimum atomic E-state index is -0.423. The molecule has 0 bridgehead atoms. The molecule has 7 heteroatoms. The lowest BCUT2D eigenvalue weighted by atomic mass is 10.1. The fourth-order valence-corrected chi connectivity index (χ4v) is 3.13. The number of rotatable bonds is 2. The van der Waals surface area contributed by atoms with Crippen LogP contribution in [-0.2, 0) is 0 Å². The Kier molecular flexibility index (Phi) is 2.83. The second kappa shape index (κ2) is 4.53. The number of hydrogen-bond acceptors (Lipinski definition) is 5. The summed E-state index contributed by atoms with van der Waals surface area (Å²) in [5, 5.41) is 10.7. The largest absolute Gasteiger partial charge is 0.312 e. The number of aromatic amines is 1. The topological polar surface area (TPSA) is 88.9 Å². The number of nitrogens with zero attached hydrogens (tertiary/aromatic N) is 2. The van der Waals surface area contributed by atoms with E-state index in [1.165, 1.54) is 29.8 Å². The third kappa shape index (κ3) is 1.97. The first-order valence-corrected chi connectivity index (χ1v) is 6.60. The SMILES string of the molecule is Cc1cc([N+](=O)[O-])ccc1-c1cc2nc[nH]c(=O)c2s1. The Bertz CT molecular complexity index is 882. The van der Waals surface area contributed by atoms with Gasteiger partial charge >= 0.3 is 0 Å². The number of thiophene rings is 1. The Morgan fingerprint density at radius 2 is 2.15 bits per heavy atom. The first-order chi connectivity index (χ1) is 9.56. The minimum absolute atomic E-state index is 0.0586. The van der Waals surface area contributed by atoms with Crippen molar-refractivity contribution < 1.29 is 4.92 Å². The molecule has 0 aliphatic rings. The highest BCUT2D eigenvalue weighted by Crippen LogP contribution is 2.34. The maximum Gasteiger partial charge on any atom is 0.269 e. The van der Waals surface area contributed by atoms with E-state index in [4.69, 9.17) is 0 Å². The van der Waals surface area contributed by atoms with Gasteiger partial charge in [0.25, 0.3) is 11.2 Å². The number of nitro benzene ring substituents is 1. The molecule has 0 radical (unpaired) electrons. The van der Waals surface area contributed by atoms with Crippen LogP contribution >= 0.6 is 11.3 Å². The molecular weight excluding hydrogens is 278 g/mol. The molecule has 3 rings (SSSR count). The van der Waals surface area contributed by atoms with Crippen LogP contribution in [0.3, 0.4) is 0 Å². The summed E-state index contributed by atoms with van der Waals surface area (Å²) < 4.78 is 0.556. The summed E-state index contributed by atoms with van der Waals surface area (Å²) in [6, 6.07) is 6.51. The van der Waals surface area contributed by atoms with Gasteiger partial charge in [0, 0.05) is 17.0 Å². The Morgan fingerprint density at radius 3 is 2.80 bits per heavy atom. The number of H-pyrrole nitrogens is 1. The first-order valence-electron chi connectivity index (χ1n) is 5.79. The molecule has 1 aromatic carbocycles. The van der Waals surface area contributed by atoms with Gasteiger partial charge in [0.2, 0.25) is 0 Å². The molecule has 0 saturated heterocycles. The molecule has 0 amide bonds. The second-order valence-corrected chi connectivity index (χ2v) is 5.37. The lowest BCUT2D eigenvalue weighted by Crippen LogP contribution is -2.02. The van der Waals surface area contributed by atoms with Crippen molar-refractivity contribution in [2.75, 3.05) is 0 Å². The zero-order chi connectivity index (χ0) is 14.3. The van der Waals surface area contributed by atoms with Crippen molar-refractivity contribution in [2.24, 2.45) is 0 Å². The van der Waals surface area contributed by atoms with Crippen LogP contribution in [0.5, 0.6) is 0 Å². The molecule has 0 spiro atoms. The molecule has 0 atom stereocenters. The monoisotopic (exact) mass is 287 g/mol. The predicted molar refractivity (Wildman–Crippen MR) is 77.1 cm³/mol. The number of benzene rings is 1. The van der Waals surface area contributed by atoms with Crippen LogP contribution in [0.4, 0.5) is 5.69 Å². The number of non-ortho nitro benzene ring substituents is 1. The third-order valence-electron chi connectivity index (χ3n) is 3.00. The van der Waals surface area contributed by atoms with Gasteiger partial charge in [-0.25, -0.2) is 4.98 Å². The standard InChI is InChI=1S/C13H9N3O3S/c1-7-4-8(16(18)19)2-3-9(7)11-5-10-12(20-11)13(17)15-6-14-10/h2-6H,1H3,(H,14,15,17). The van der Waals surface area contributed by atoms with E-state index in [1.807, 2.05) is 13.0 Å². The van der Waals surface area contributed by atoms with E-state index in [0.717, 1.165) is 16.0 Å². The number of fused-ring (bicyclic) bond motifs is 1. The molecule has 0 fully saturated rings. The number of hydrogen-bond donors (Lipinski definition) is 1. The van der Waals surface area contributed by atoms with Crippen molar-refractivity contribution in [2.45, 2.75) is 6.92 Å². The van der Waals surface area contributed by atoms with Crippen molar-refractivity contribution >= 4 is 27.2 Å². The average Bonchev–Trinajstić information content (AvgIpc) is 2.83. The molecule has 100 valence electrons. The van der Waals surface area contributed by atoms with Crippen molar-refractivity contribution in [3.63, 3.8) is 0 Å². The van der Waals surface area contributed by atoms with Crippen molar-refractivity contribution in [3.8, 4) is 10.4 Å². The normalized spacial score (nSPS) is 10.8.